The minimum absolute atomic E-state index is 0.200. The highest BCUT2D eigenvalue weighted by atomic mass is 15.3. The zero-order chi connectivity index (χ0) is 32.0. The Morgan fingerprint density at radius 3 is 1.82 bits per heavy atom. The second kappa shape index (κ2) is 8.22. The van der Waals surface area contributed by atoms with Crippen molar-refractivity contribution < 1.29 is 9.13 Å². The van der Waals surface area contributed by atoms with Gasteiger partial charge in [-0.3, -0.25) is 0 Å². The van der Waals surface area contributed by atoms with Crippen LogP contribution in [0.1, 0.15) is 124 Å². The summed E-state index contributed by atoms with van der Waals surface area (Å²) >= 11 is 0. The number of nitrogens with zero attached hydrogens (tertiary/aromatic N) is 2. The molecule has 4 atom stereocenters. The molecule has 2 nitrogen and oxygen atoms in total. The average Bonchev–Trinajstić information content (AvgIpc) is 3.16. The van der Waals surface area contributed by atoms with Crippen molar-refractivity contribution in [2.75, 3.05) is 0 Å². The second-order valence-corrected chi connectivity index (χ2v) is 15.8. The van der Waals surface area contributed by atoms with Crippen LogP contribution in [0.5, 0.6) is 0 Å². The van der Waals surface area contributed by atoms with Gasteiger partial charge in [0, 0.05) is 36.1 Å². The quantitative estimate of drug-likeness (QED) is 0.151. The van der Waals surface area contributed by atoms with Gasteiger partial charge in [0.2, 0.25) is 11.4 Å². The van der Waals surface area contributed by atoms with E-state index in [0.29, 0.717) is 0 Å². The Balaban J connectivity index is 1.25. The number of rotatable bonds is 0. The lowest BCUT2D eigenvalue weighted by Crippen LogP contribution is -2.81. The lowest BCUT2D eigenvalue weighted by molar-refractivity contribution is -0.980. The van der Waals surface area contributed by atoms with E-state index in [1.165, 1.54) is 72.6 Å². The molecule has 0 saturated carbocycles. The highest BCUT2D eigenvalue weighted by molar-refractivity contribution is 5.75. The second-order valence-electron chi connectivity index (χ2n) is 15.8. The van der Waals surface area contributed by atoms with E-state index in [1.54, 1.807) is 33.4 Å². The van der Waals surface area contributed by atoms with Crippen molar-refractivity contribution >= 4 is 0 Å². The summed E-state index contributed by atoms with van der Waals surface area (Å²) in [5.74, 6) is 0.671. The molecule has 0 radical (unpaired) electrons. The van der Waals surface area contributed by atoms with Gasteiger partial charge in [-0.2, -0.15) is 0 Å². The maximum Gasteiger partial charge on any atom is 0.416 e. The Labute approximate surface area is 291 Å². The van der Waals surface area contributed by atoms with E-state index in [9.17, 15) is 0 Å². The zero-order valence-electron chi connectivity index (χ0n) is 27.6. The van der Waals surface area contributed by atoms with Crippen LogP contribution in [0.25, 0.3) is 0 Å². The maximum absolute atomic E-state index is 2.81. The summed E-state index contributed by atoms with van der Waals surface area (Å²) in [6.07, 6.45) is 8.90. The molecule has 50 heavy (non-hydrogen) atoms. The molecule has 7 aromatic rings. The Morgan fingerprint density at radius 1 is 0.400 bits per heavy atom. The third kappa shape index (κ3) is 2.56. The van der Waals surface area contributed by atoms with Crippen LogP contribution >= 0.6 is 0 Å². The van der Waals surface area contributed by atoms with E-state index in [2.05, 4.69) is 137 Å². The molecule has 5 aliphatic carbocycles. The molecule has 0 bridgehead atoms. The molecule has 4 unspecified atom stereocenters. The van der Waals surface area contributed by atoms with Crippen molar-refractivity contribution in [3.05, 3.63) is 234 Å². The molecule has 5 aromatic carbocycles. The topological polar surface area (TPSA) is 7.76 Å². The maximum atomic E-state index is 2.81. The highest BCUT2D eigenvalue weighted by Gasteiger charge is 2.71. The Kier molecular flexibility index (Phi) is 4.18. The van der Waals surface area contributed by atoms with Crippen molar-refractivity contribution in [1.82, 2.24) is 0 Å². The minimum atomic E-state index is -0.510. The number of aromatic nitrogens is 2. The van der Waals surface area contributed by atoms with Gasteiger partial charge in [-0.15, -0.1) is 9.13 Å². The van der Waals surface area contributed by atoms with Crippen LogP contribution < -0.4 is 9.13 Å². The van der Waals surface area contributed by atoms with Crippen LogP contribution in [0.4, 0.5) is 0 Å². The van der Waals surface area contributed by atoms with Crippen LogP contribution in [-0.4, -0.2) is 0 Å². The van der Waals surface area contributed by atoms with Gasteiger partial charge in [-0.05, 0) is 103 Å². The predicted octanol–water partition coefficient (Wildman–Crippen LogP) is 7.66. The first-order valence-electron chi connectivity index (χ1n) is 18.5. The standard InChI is InChI=1S/C48H32N2/c1-3-14-34-26(9-1)21-32-25-33-22-27-10-2-4-15-35(27)43-37-16-5-6-19-49(37)48-45-36(42(34)40(32)46(48)41(33)43)18-17-30-23-28-11-7-12-29-24-31-13-8-20-50(48)47(31)44(38(28)29)39(30)45/h1-20,25,42-44H,21-24H2/q+2. The Bertz CT molecular complexity index is 2770. The molecule has 1 spiro atoms. The number of hydrogen-bond donors (Lipinski definition) is 0. The predicted molar refractivity (Wildman–Crippen MR) is 191 cm³/mol. The molecule has 14 rings (SSSR count). The molecular weight excluding hydrogens is 605 g/mol. The molecule has 2 heteroatoms. The van der Waals surface area contributed by atoms with Crippen LogP contribution in [0, 0.1) is 0 Å². The number of fused-ring (bicyclic) bond motifs is 7. The zero-order valence-corrected chi connectivity index (χ0v) is 27.6. The SMILES string of the molecule is c1ccc2c(c1)Cc1cc3c4c5c1C2c1ccc2c6c1C5([n+]1ccccc1C4c1ccccc1C3)[n+]1cccc3c1C6c1c(cccc1C3)C2. The van der Waals surface area contributed by atoms with Crippen LogP contribution in [0.2, 0.25) is 0 Å². The van der Waals surface area contributed by atoms with Gasteiger partial charge in [-0.25, -0.2) is 0 Å². The first-order valence-corrected chi connectivity index (χ1v) is 18.5. The minimum Gasteiger partial charge on any atom is -0.129 e. The molecular formula is C48H32N2+2. The molecule has 0 amide bonds. The molecule has 232 valence electrons. The number of hydrogen-bond acceptors (Lipinski definition) is 0. The van der Waals surface area contributed by atoms with E-state index < -0.39 is 5.66 Å². The fourth-order valence-electron chi connectivity index (χ4n) is 12.5. The van der Waals surface area contributed by atoms with E-state index in [0.717, 1.165) is 25.7 Å². The summed E-state index contributed by atoms with van der Waals surface area (Å²) in [4.78, 5) is 0. The number of benzene rings is 5. The molecule has 4 heterocycles. The lowest BCUT2D eigenvalue weighted by atomic mass is 9.54. The van der Waals surface area contributed by atoms with Crippen molar-refractivity contribution in [3.63, 3.8) is 0 Å². The fourth-order valence-corrected chi connectivity index (χ4v) is 12.5. The summed E-state index contributed by atoms with van der Waals surface area (Å²) in [6.45, 7) is 0. The average molecular weight is 637 g/mol. The molecule has 2 aromatic heterocycles. The summed E-state index contributed by atoms with van der Waals surface area (Å²) < 4.78 is 5.56. The van der Waals surface area contributed by atoms with E-state index >= 15 is 0 Å². The van der Waals surface area contributed by atoms with Crippen molar-refractivity contribution in [2.24, 2.45) is 0 Å². The summed E-state index contributed by atoms with van der Waals surface area (Å²) in [6, 6.07) is 45.3. The van der Waals surface area contributed by atoms with Crippen molar-refractivity contribution in [1.29, 1.82) is 0 Å². The van der Waals surface area contributed by atoms with Gasteiger partial charge in [0.25, 0.3) is 0 Å². The summed E-state index contributed by atoms with van der Waals surface area (Å²) in [5.41, 5.74) is 28.4. The number of pyridine rings is 2. The van der Waals surface area contributed by atoms with Gasteiger partial charge >= 0.3 is 5.66 Å². The molecule has 7 aliphatic rings. The lowest BCUT2D eigenvalue weighted by Gasteiger charge is -2.50. The van der Waals surface area contributed by atoms with Gasteiger partial charge < -0.3 is 0 Å². The Morgan fingerprint density at radius 2 is 1.00 bits per heavy atom. The summed E-state index contributed by atoms with van der Waals surface area (Å²) in [5, 5.41) is 0. The van der Waals surface area contributed by atoms with E-state index in [4.69, 9.17) is 0 Å². The normalized spacial score (nSPS) is 23.2. The smallest absolute Gasteiger partial charge is 0.129 e. The first-order chi connectivity index (χ1) is 24.8. The van der Waals surface area contributed by atoms with Gasteiger partial charge in [0.1, 0.15) is 11.1 Å². The molecule has 2 aliphatic heterocycles. The third-order valence-electron chi connectivity index (χ3n) is 13.9. The summed E-state index contributed by atoms with van der Waals surface area (Å²) in [7, 11) is 0. The van der Waals surface area contributed by atoms with Crippen molar-refractivity contribution in [2.45, 2.75) is 49.1 Å². The van der Waals surface area contributed by atoms with Gasteiger partial charge in [0.05, 0.1) is 11.8 Å². The first kappa shape index (κ1) is 25.4. The van der Waals surface area contributed by atoms with Gasteiger partial charge in [0.15, 0.2) is 12.4 Å². The third-order valence-corrected chi connectivity index (χ3v) is 13.9. The highest BCUT2D eigenvalue weighted by Crippen LogP contribution is 2.63. The Hall–Kier alpha value is -5.60. The monoisotopic (exact) mass is 636 g/mol. The van der Waals surface area contributed by atoms with Crippen LogP contribution in [0.3, 0.4) is 0 Å². The largest absolute Gasteiger partial charge is 0.416 e. The van der Waals surface area contributed by atoms with Crippen LogP contribution in [-0.2, 0) is 31.3 Å². The van der Waals surface area contributed by atoms with E-state index in [-0.39, 0.29) is 17.8 Å². The van der Waals surface area contributed by atoms with E-state index in [1.807, 2.05) is 0 Å². The fraction of sp³-hybridized carbons (Fsp3) is 0.167. The molecule has 0 saturated heterocycles. The van der Waals surface area contributed by atoms with Gasteiger partial charge in [-0.1, -0.05) is 91.0 Å². The molecule has 0 N–H and O–H groups in total. The van der Waals surface area contributed by atoms with Crippen molar-refractivity contribution in [3.8, 4) is 0 Å². The molecule has 0 fully saturated rings. The van der Waals surface area contributed by atoms with Crippen LogP contribution in [0.15, 0.2) is 128 Å².